The molecule has 0 N–H and O–H groups in total. The van der Waals surface area contributed by atoms with Gasteiger partial charge in [-0.25, -0.2) is 0 Å². The van der Waals surface area contributed by atoms with Gasteiger partial charge in [0.25, 0.3) is 0 Å². The maximum absolute atomic E-state index is 12.6. The van der Waals surface area contributed by atoms with Gasteiger partial charge < -0.3 is 19.3 Å². The molecule has 0 aliphatic carbocycles. The van der Waals surface area contributed by atoms with E-state index in [0.717, 1.165) is 30.2 Å². The maximum Gasteiger partial charge on any atom is 0.234 e. The van der Waals surface area contributed by atoms with E-state index in [1.54, 1.807) is 26.0 Å². The van der Waals surface area contributed by atoms with Crippen LogP contribution < -0.4 is 14.4 Å². The lowest BCUT2D eigenvalue weighted by molar-refractivity contribution is -0.128. The zero-order valence-corrected chi connectivity index (χ0v) is 17.2. The second kappa shape index (κ2) is 8.35. The number of anilines is 1. The highest BCUT2D eigenvalue weighted by atomic mass is 32.2. The van der Waals surface area contributed by atoms with Gasteiger partial charge in [-0.1, -0.05) is 12.1 Å². The summed E-state index contributed by atoms with van der Waals surface area (Å²) >= 11 is 1.69. The molecule has 0 radical (unpaired) electrons. The van der Waals surface area contributed by atoms with Crippen LogP contribution in [0.15, 0.2) is 42.5 Å². The number of ether oxygens (including phenoxy) is 2. The van der Waals surface area contributed by atoms with Crippen molar-refractivity contribution in [1.82, 2.24) is 4.90 Å². The van der Waals surface area contributed by atoms with Gasteiger partial charge in [-0.3, -0.25) is 4.79 Å². The second-order valence-corrected chi connectivity index (χ2v) is 8.26. The average molecular weight is 399 g/mol. The van der Waals surface area contributed by atoms with Gasteiger partial charge in [-0.05, 0) is 48.2 Å². The lowest BCUT2D eigenvalue weighted by Gasteiger charge is -2.25. The first-order valence-corrected chi connectivity index (χ1v) is 10.7. The normalized spacial score (nSPS) is 19.4. The number of amides is 1. The molecule has 0 spiro atoms. The molecule has 2 aliphatic heterocycles. The summed E-state index contributed by atoms with van der Waals surface area (Å²) in [5.74, 6) is 2.15. The number of nitrogens with zero attached hydrogens (tertiary/aromatic N) is 2. The predicted molar refractivity (Wildman–Crippen MR) is 113 cm³/mol. The smallest absolute Gasteiger partial charge is 0.234 e. The van der Waals surface area contributed by atoms with Gasteiger partial charge in [0.1, 0.15) is 16.9 Å². The van der Waals surface area contributed by atoms with Gasteiger partial charge in [0.05, 0.1) is 20.0 Å². The Morgan fingerprint density at radius 1 is 1.00 bits per heavy atom. The van der Waals surface area contributed by atoms with Gasteiger partial charge in [-0.15, -0.1) is 11.8 Å². The Bertz CT molecular complexity index is 812. The van der Waals surface area contributed by atoms with Crippen LogP contribution in [0.1, 0.15) is 29.3 Å². The molecule has 2 aliphatic rings. The van der Waals surface area contributed by atoms with E-state index in [9.17, 15) is 4.79 Å². The fourth-order valence-electron chi connectivity index (χ4n) is 3.88. The fraction of sp³-hybridized carbons (Fsp3) is 0.409. The van der Waals surface area contributed by atoms with Crippen molar-refractivity contribution in [3.05, 3.63) is 53.6 Å². The van der Waals surface area contributed by atoms with E-state index in [-0.39, 0.29) is 11.3 Å². The van der Waals surface area contributed by atoms with E-state index in [1.165, 1.54) is 24.1 Å². The van der Waals surface area contributed by atoms with Crippen LogP contribution in [0.3, 0.4) is 0 Å². The molecule has 5 nitrogen and oxygen atoms in total. The molecule has 28 heavy (non-hydrogen) atoms. The summed E-state index contributed by atoms with van der Waals surface area (Å²) < 4.78 is 10.7. The summed E-state index contributed by atoms with van der Waals surface area (Å²) in [6.45, 7) is 2.82. The number of thioether (sulfide) groups is 1. The Morgan fingerprint density at radius 2 is 1.64 bits per heavy atom. The van der Waals surface area contributed by atoms with E-state index < -0.39 is 0 Å². The highest BCUT2D eigenvalue weighted by Gasteiger charge is 2.33. The molecule has 0 aromatic heterocycles. The monoisotopic (exact) mass is 398 g/mol. The Balaban J connectivity index is 1.54. The molecule has 2 aromatic carbocycles. The fourth-order valence-corrected chi connectivity index (χ4v) is 5.07. The van der Waals surface area contributed by atoms with Crippen molar-refractivity contribution in [1.29, 1.82) is 0 Å². The van der Waals surface area contributed by atoms with Gasteiger partial charge in [0.15, 0.2) is 0 Å². The topological polar surface area (TPSA) is 42.0 Å². The quantitative estimate of drug-likeness (QED) is 0.734. The van der Waals surface area contributed by atoms with Crippen molar-refractivity contribution < 1.29 is 14.3 Å². The molecule has 2 saturated heterocycles. The third-order valence-electron chi connectivity index (χ3n) is 5.38. The minimum Gasteiger partial charge on any atom is -0.497 e. The van der Waals surface area contributed by atoms with Gasteiger partial charge in [0.2, 0.25) is 5.91 Å². The summed E-state index contributed by atoms with van der Waals surface area (Å²) in [5, 5.41) is 0.0392. The Labute approximate surface area is 170 Å². The number of hydrogen-bond acceptors (Lipinski definition) is 5. The molecule has 1 unspecified atom stereocenters. The van der Waals surface area contributed by atoms with E-state index >= 15 is 0 Å². The molecular weight excluding hydrogens is 372 g/mol. The number of carbonyl (C=O) groups is 1. The number of carbonyl (C=O) groups excluding carboxylic acids is 1. The van der Waals surface area contributed by atoms with Crippen molar-refractivity contribution in [2.24, 2.45) is 0 Å². The van der Waals surface area contributed by atoms with Gasteiger partial charge in [-0.2, -0.15) is 0 Å². The van der Waals surface area contributed by atoms with Crippen LogP contribution >= 0.6 is 11.8 Å². The first-order chi connectivity index (χ1) is 13.7. The predicted octanol–water partition coefficient (Wildman–Crippen LogP) is 4.08. The SMILES string of the molecule is COc1cc(CN2C(=O)CSC2c2ccc(N3CCCC3)cc2)cc(OC)c1. The van der Waals surface area contributed by atoms with Crippen molar-refractivity contribution in [2.45, 2.75) is 24.8 Å². The standard InChI is InChI=1S/C22H26N2O3S/c1-26-19-11-16(12-20(13-19)27-2)14-24-21(25)15-28-22(24)17-5-7-18(8-6-17)23-9-3-4-10-23/h5-8,11-13,22H,3-4,9-10,14-15H2,1-2H3. The van der Waals surface area contributed by atoms with E-state index in [0.29, 0.717) is 12.3 Å². The van der Waals surface area contributed by atoms with Crippen LogP contribution in [0.4, 0.5) is 5.69 Å². The van der Waals surface area contributed by atoms with Crippen molar-refractivity contribution >= 4 is 23.4 Å². The van der Waals surface area contributed by atoms with Gasteiger partial charge >= 0.3 is 0 Å². The zero-order chi connectivity index (χ0) is 19.5. The largest absolute Gasteiger partial charge is 0.497 e. The summed E-state index contributed by atoms with van der Waals surface area (Å²) in [6.07, 6.45) is 2.54. The molecule has 148 valence electrons. The van der Waals surface area contributed by atoms with Crippen LogP contribution in [0.25, 0.3) is 0 Å². The van der Waals surface area contributed by atoms with E-state index in [2.05, 4.69) is 29.2 Å². The molecular formula is C22H26N2O3S. The van der Waals surface area contributed by atoms with Crippen LogP contribution in [-0.4, -0.2) is 43.9 Å². The van der Waals surface area contributed by atoms with E-state index in [1.807, 2.05) is 23.1 Å². The number of methoxy groups -OCH3 is 2. The summed E-state index contributed by atoms with van der Waals surface area (Å²) in [7, 11) is 3.28. The molecule has 1 amide bonds. The highest BCUT2D eigenvalue weighted by Crippen LogP contribution is 2.40. The minimum atomic E-state index is 0.0392. The van der Waals surface area contributed by atoms with Crippen LogP contribution in [0.2, 0.25) is 0 Å². The Hall–Kier alpha value is -2.34. The molecule has 1 atom stereocenters. The highest BCUT2D eigenvalue weighted by molar-refractivity contribution is 8.00. The summed E-state index contributed by atoms with van der Waals surface area (Å²) in [5.41, 5.74) is 3.46. The van der Waals surface area contributed by atoms with Crippen molar-refractivity contribution in [2.75, 3.05) is 38.0 Å². The lowest BCUT2D eigenvalue weighted by atomic mass is 10.1. The number of rotatable bonds is 6. The molecule has 2 heterocycles. The third-order valence-corrected chi connectivity index (χ3v) is 6.64. The van der Waals surface area contributed by atoms with E-state index in [4.69, 9.17) is 9.47 Å². The first kappa shape index (κ1) is 19.0. The molecule has 2 aromatic rings. The average Bonchev–Trinajstić information content (AvgIpc) is 3.39. The Morgan fingerprint density at radius 3 is 2.25 bits per heavy atom. The van der Waals surface area contributed by atoms with Gasteiger partial charge in [0, 0.05) is 31.4 Å². The first-order valence-electron chi connectivity index (χ1n) is 9.66. The van der Waals surface area contributed by atoms with Crippen LogP contribution in [0, 0.1) is 0 Å². The maximum atomic E-state index is 12.6. The van der Waals surface area contributed by atoms with Crippen LogP contribution in [-0.2, 0) is 11.3 Å². The molecule has 6 heteroatoms. The minimum absolute atomic E-state index is 0.0392. The third kappa shape index (κ3) is 3.92. The molecule has 0 bridgehead atoms. The molecule has 2 fully saturated rings. The number of benzene rings is 2. The summed E-state index contributed by atoms with van der Waals surface area (Å²) in [6, 6.07) is 14.5. The Kier molecular flexibility index (Phi) is 5.67. The summed E-state index contributed by atoms with van der Waals surface area (Å²) in [4.78, 5) is 17.0. The second-order valence-electron chi connectivity index (χ2n) is 7.19. The van der Waals surface area contributed by atoms with Crippen LogP contribution in [0.5, 0.6) is 11.5 Å². The lowest BCUT2D eigenvalue weighted by Crippen LogP contribution is -2.27. The number of hydrogen-bond donors (Lipinski definition) is 0. The molecule has 0 saturated carbocycles. The zero-order valence-electron chi connectivity index (χ0n) is 16.4. The van der Waals surface area contributed by atoms with Crippen molar-refractivity contribution in [3.63, 3.8) is 0 Å². The van der Waals surface area contributed by atoms with Crippen molar-refractivity contribution in [3.8, 4) is 11.5 Å². The molecule has 4 rings (SSSR count).